The van der Waals surface area contributed by atoms with E-state index in [0.29, 0.717) is 11.3 Å². The molecule has 2 aromatic carbocycles. The molecule has 0 unspecified atom stereocenters. The average molecular weight is 376 g/mol. The lowest BCUT2D eigenvalue weighted by Gasteiger charge is -2.23. The first kappa shape index (κ1) is 19.4. The van der Waals surface area contributed by atoms with E-state index in [9.17, 15) is 9.59 Å². The average Bonchev–Trinajstić information content (AvgIpc) is 3.18. The van der Waals surface area contributed by atoms with Crippen molar-refractivity contribution in [1.29, 1.82) is 0 Å². The van der Waals surface area contributed by atoms with E-state index in [0.717, 1.165) is 16.8 Å². The molecule has 2 N–H and O–H groups in total. The smallest absolute Gasteiger partial charge is 0.291 e. The van der Waals surface area contributed by atoms with E-state index in [1.165, 1.54) is 6.26 Å². The van der Waals surface area contributed by atoms with Crippen LogP contribution in [0.1, 0.15) is 52.8 Å². The van der Waals surface area contributed by atoms with E-state index in [4.69, 9.17) is 4.42 Å². The minimum atomic E-state index is -0.358. The van der Waals surface area contributed by atoms with Crippen LogP contribution >= 0.6 is 0 Å². The van der Waals surface area contributed by atoms with Gasteiger partial charge in [0, 0.05) is 16.9 Å². The molecule has 0 atom stereocenters. The molecule has 0 aliphatic heterocycles. The fraction of sp³-hybridized carbons (Fsp3) is 0.217. The molecule has 5 heteroatoms. The van der Waals surface area contributed by atoms with Gasteiger partial charge in [0.25, 0.3) is 11.8 Å². The number of aryl methyl sites for hydroxylation is 1. The van der Waals surface area contributed by atoms with Gasteiger partial charge in [-0.05, 0) is 53.8 Å². The van der Waals surface area contributed by atoms with Crippen LogP contribution in [0.3, 0.4) is 0 Å². The number of carbonyl (C=O) groups is 2. The molecule has 3 aromatic rings. The van der Waals surface area contributed by atoms with Crippen LogP contribution in [0.25, 0.3) is 0 Å². The molecule has 2 amide bonds. The summed E-state index contributed by atoms with van der Waals surface area (Å²) in [6.07, 6.45) is 1.44. The second kappa shape index (κ2) is 7.72. The lowest BCUT2D eigenvalue weighted by molar-refractivity contribution is 0.0993. The second-order valence-electron chi connectivity index (χ2n) is 7.71. The topological polar surface area (TPSA) is 71.3 Å². The van der Waals surface area contributed by atoms with E-state index in [-0.39, 0.29) is 23.0 Å². The third-order valence-corrected chi connectivity index (χ3v) is 4.48. The highest BCUT2D eigenvalue weighted by atomic mass is 16.3. The highest BCUT2D eigenvalue weighted by Gasteiger charge is 2.19. The Labute approximate surface area is 164 Å². The number of para-hydroxylation sites is 1. The van der Waals surface area contributed by atoms with Crippen LogP contribution in [-0.4, -0.2) is 11.8 Å². The fourth-order valence-electron chi connectivity index (χ4n) is 2.93. The van der Waals surface area contributed by atoms with Crippen LogP contribution in [0.4, 0.5) is 11.4 Å². The Balaban J connectivity index is 1.83. The van der Waals surface area contributed by atoms with Gasteiger partial charge in [0.2, 0.25) is 0 Å². The van der Waals surface area contributed by atoms with Gasteiger partial charge in [-0.1, -0.05) is 45.0 Å². The summed E-state index contributed by atoms with van der Waals surface area (Å²) in [5.41, 5.74) is 3.62. The van der Waals surface area contributed by atoms with E-state index in [1.54, 1.807) is 24.3 Å². The van der Waals surface area contributed by atoms with Gasteiger partial charge in [-0.15, -0.1) is 0 Å². The van der Waals surface area contributed by atoms with Crippen LogP contribution in [0.2, 0.25) is 0 Å². The Kier molecular flexibility index (Phi) is 5.36. The first-order valence-corrected chi connectivity index (χ1v) is 9.12. The number of hydrogen-bond acceptors (Lipinski definition) is 3. The summed E-state index contributed by atoms with van der Waals surface area (Å²) >= 11 is 0. The highest BCUT2D eigenvalue weighted by Crippen LogP contribution is 2.29. The molecule has 0 radical (unpaired) electrons. The zero-order chi connectivity index (χ0) is 20.3. The number of benzene rings is 2. The van der Waals surface area contributed by atoms with E-state index in [2.05, 4.69) is 31.4 Å². The van der Waals surface area contributed by atoms with Gasteiger partial charge in [-0.3, -0.25) is 9.59 Å². The molecule has 144 valence electrons. The minimum absolute atomic E-state index is 0.0979. The summed E-state index contributed by atoms with van der Waals surface area (Å²) < 4.78 is 5.12. The van der Waals surface area contributed by atoms with Gasteiger partial charge in [-0.2, -0.15) is 0 Å². The predicted molar refractivity (Wildman–Crippen MR) is 111 cm³/mol. The molecular weight excluding hydrogens is 352 g/mol. The summed E-state index contributed by atoms with van der Waals surface area (Å²) in [6, 6.07) is 16.2. The van der Waals surface area contributed by atoms with Crippen molar-refractivity contribution in [2.45, 2.75) is 33.1 Å². The third kappa shape index (κ3) is 4.31. The van der Waals surface area contributed by atoms with Crippen molar-refractivity contribution >= 4 is 23.2 Å². The van der Waals surface area contributed by atoms with Crippen LogP contribution in [0.5, 0.6) is 0 Å². The first-order valence-electron chi connectivity index (χ1n) is 9.12. The lowest BCUT2D eigenvalue weighted by atomic mass is 9.86. The zero-order valence-electron chi connectivity index (χ0n) is 16.5. The Hall–Kier alpha value is -3.34. The number of amides is 2. The van der Waals surface area contributed by atoms with Gasteiger partial charge < -0.3 is 15.1 Å². The monoisotopic (exact) mass is 376 g/mol. The molecule has 0 saturated heterocycles. The Bertz CT molecular complexity index is 999. The van der Waals surface area contributed by atoms with Crippen LogP contribution in [-0.2, 0) is 5.41 Å². The van der Waals surface area contributed by atoms with Crippen molar-refractivity contribution in [1.82, 2.24) is 0 Å². The van der Waals surface area contributed by atoms with Gasteiger partial charge in [0.1, 0.15) is 0 Å². The first-order chi connectivity index (χ1) is 13.3. The number of rotatable bonds is 4. The van der Waals surface area contributed by atoms with Gasteiger partial charge in [0.05, 0.1) is 6.26 Å². The molecule has 1 aromatic heterocycles. The summed E-state index contributed by atoms with van der Waals surface area (Å²) in [4.78, 5) is 25.1. The van der Waals surface area contributed by atoms with Crippen LogP contribution in [0, 0.1) is 6.92 Å². The van der Waals surface area contributed by atoms with Gasteiger partial charge >= 0.3 is 0 Å². The molecule has 3 rings (SSSR count). The van der Waals surface area contributed by atoms with Crippen molar-refractivity contribution in [3.8, 4) is 0 Å². The molecule has 5 nitrogen and oxygen atoms in total. The Morgan fingerprint density at radius 3 is 2.25 bits per heavy atom. The van der Waals surface area contributed by atoms with E-state index >= 15 is 0 Å². The van der Waals surface area contributed by atoms with Crippen molar-refractivity contribution in [2.24, 2.45) is 0 Å². The van der Waals surface area contributed by atoms with Gasteiger partial charge in [0.15, 0.2) is 5.76 Å². The maximum Gasteiger partial charge on any atom is 0.291 e. The third-order valence-electron chi connectivity index (χ3n) is 4.48. The van der Waals surface area contributed by atoms with Crippen LogP contribution < -0.4 is 10.6 Å². The zero-order valence-corrected chi connectivity index (χ0v) is 16.5. The number of carbonyl (C=O) groups excluding carboxylic acids is 2. The SMILES string of the molecule is Cc1ccc(C(=O)Nc2ccccc2C(C)(C)C)cc1NC(=O)c1ccco1. The fourth-order valence-corrected chi connectivity index (χ4v) is 2.93. The maximum atomic E-state index is 12.8. The number of nitrogens with one attached hydrogen (secondary N) is 2. The van der Waals surface area contributed by atoms with E-state index in [1.807, 2.05) is 37.3 Å². The van der Waals surface area contributed by atoms with Crippen molar-refractivity contribution in [3.63, 3.8) is 0 Å². The number of hydrogen-bond donors (Lipinski definition) is 2. The minimum Gasteiger partial charge on any atom is -0.459 e. The summed E-state index contributed by atoms with van der Waals surface area (Å²) in [7, 11) is 0. The molecule has 0 spiro atoms. The quantitative estimate of drug-likeness (QED) is 0.641. The molecule has 0 fully saturated rings. The molecule has 28 heavy (non-hydrogen) atoms. The van der Waals surface area contributed by atoms with E-state index < -0.39 is 0 Å². The Morgan fingerprint density at radius 2 is 1.57 bits per heavy atom. The van der Waals surface area contributed by atoms with Crippen molar-refractivity contribution in [2.75, 3.05) is 10.6 Å². The predicted octanol–water partition coefficient (Wildman–Crippen LogP) is 5.39. The van der Waals surface area contributed by atoms with Crippen molar-refractivity contribution in [3.05, 3.63) is 83.3 Å². The lowest BCUT2D eigenvalue weighted by Crippen LogP contribution is -2.19. The Morgan fingerprint density at radius 1 is 0.857 bits per heavy atom. The summed E-state index contributed by atoms with van der Waals surface area (Å²) in [5.74, 6) is -0.373. The normalized spacial score (nSPS) is 11.1. The number of anilines is 2. The highest BCUT2D eigenvalue weighted by molar-refractivity contribution is 6.07. The molecule has 0 aliphatic carbocycles. The number of furan rings is 1. The summed E-state index contributed by atoms with van der Waals surface area (Å²) in [6.45, 7) is 8.18. The summed E-state index contributed by atoms with van der Waals surface area (Å²) in [5, 5.41) is 5.79. The molecule has 0 saturated carbocycles. The van der Waals surface area contributed by atoms with Crippen molar-refractivity contribution < 1.29 is 14.0 Å². The molecular formula is C23H24N2O3. The molecule has 0 bridgehead atoms. The second-order valence-corrected chi connectivity index (χ2v) is 7.71. The largest absolute Gasteiger partial charge is 0.459 e. The maximum absolute atomic E-state index is 12.8. The van der Waals surface area contributed by atoms with Crippen LogP contribution in [0.15, 0.2) is 65.3 Å². The van der Waals surface area contributed by atoms with Gasteiger partial charge in [-0.25, -0.2) is 0 Å². The molecule has 1 heterocycles. The standard InChI is InChI=1S/C23H24N2O3/c1-15-11-12-16(14-19(15)25-22(27)20-10-7-13-28-20)21(26)24-18-9-6-5-8-17(18)23(2,3)4/h5-14H,1-4H3,(H,24,26)(H,25,27). The molecule has 0 aliphatic rings.